The number of nitrogens with zero attached hydrogens (tertiary/aromatic N) is 3. The van der Waals surface area contributed by atoms with Gasteiger partial charge in [0.2, 0.25) is 5.95 Å². The monoisotopic (exact) mass is 278 g/mol. The van der Waals surface area contributed by atoms with Crippen molar-refractivity contribution in [3.63, 3.8) is 0 Å². The van der Waals surface area contributed by atoms with E-state index in [1.807, 2.05) is 6.92 Å². The molecule has 1 N–H and O–H groups in total. The van der Waals surface area contributed by atoms with Gasteiger partial charge in [-0.3, -0.25) is 0 Å². The van der Waals surface area contributed by atoms with Gasteiger partial charge in [-0.25, -0.2) is 4.98 Å². The van der Waals surface area contributed by atoms with Crippen LogP contribution in [0, 0.1) is 6.92 Å². The summed E-state index contributed by atoms with van der Waals surface area (Å²) in [6, 6.07) is 2.07. The molecule has 0 bridgehead atoms. The van der Waals surface area contributed by atoms with Gasteiger partial charge in [0.25, 0.3) is 0 Å². The molecule has 1 aromatic heterocycles. The van der Waals surface area contributed by atoms with Crippen LogP contribution < -0.4 is 10.2 Å². The van der Waals surface area contributed by atoms with E-state index in [4.69, 9.17) is 4.74 Å². The van der Waals surface area contributed by atoms with Crippen molar-refractivity contribution < 1.29 is 4.74 Å². The lowest BCUT2D eigenvalue weighted by atomic mass is 10.1. The highest BCUT2D eigenvalue weighted by Gasteiger charge is 2.20. The third-order valence-electron chi connectivity index (χ3n) is 3.54. The van der Waals surface area contributed by atoms with Crippen molar-refractivity contribution in [2.45, 2.75) is 46.1 Å². The topological polar surface area (TPSA) is 50.3 Å². The number of aryl methyl sites for hydroxylation is 1. The SMILES string of the molecule is CCCNc1nc(C)cc(N2CCC(OCC)CC2)n1. The zero-order chi connectivity index (χ0) is 14.4. The highest BCUT2D eigenvalue weighted by Crippen LogP contribution is 2.21. The zero-order valence-electron chi connectivity index (χ0n) is 12.9. The van der Waals surface area contributed by atoms with E-state index in [0.717, 1.165) is 63.0 Å². The fourth-order valence-corrected chi connectivity index (χ4v) is 2.52. The van der Waals surface area contributed by atoms with E-state index in [1.54, 1.807) is 0 Å². The summed E-state index contributed by atoms with van der Waals surface area (Å²) in [5.41, 5.74) is 1.01. The molecule has 2 heterocycles. The number of piperidine rings is 1. The van der Waals surface area contributed by atoms with Gasteiger partial charge in [0, 0.05) is 38.0 Å². The molecule has 0 unspecified atom stereocenters. The minimum absolute atomic E-state index is 0.414. The largest absolute Gasteiger partial charge is 0.378 e. The summed E-state index contributed by atoms with van der Waals surface area (Å²) in [7, 11) is 0. The van der Waals surface area contributed by atoms with Gasteiger partial charge in [0.05, 0.1) is 6.10 Å². The van der Waals surface area contributed by atoms with E-state index in [2.05, 4.69) is 40.1 Å². The van der Waals surface area contributed by atoms with Crippen LogP contribution in [0.4, 0.5) is 11.8 Å². The molecule has 1 aliphatic rings. The van der Waals surface area contributed by atoms with Crippen LogP contribution in [0.15, 0.2) is 6.07 Å². The average Bonchev–Trinajstić information content (AvgIpc) is 2.46. The van der Waals surface area contributed by atoms with Crippen molar-refractivity contribution >= 4 is 11.8 Å². The lowest BCUT2D eigenvalue weighted by molar-refractivity contribution is 0.0458. The molecule has 1 aliphatic heterocycles. The Morgan fingerprint density at radius 2 is 2.05 bits per heavy atom. The van der Waals surface area contributed by atoms with Gasteiger partial charge in [-0.2, -0.15) is 4.98 Å². The minimum Gasteiger partial charge on any atom is -0.378 e. The standard InChI is InChI=1S/C15H26N4O/c1-4-8-16-15-17-12(3)11-14(18-15)19-9-6-13(7-10-19)20-5-2/h11,13H,4-10H2,1-3H3,(H,16,17,18). The highest BCUT2D eigenvalue weighted by molar-refractivity contribution is 5.45. The predicted octanol–water partition coefficient (Wildman–Crippen LogP) is 2.61. The maximum atomic E-state index is 5.70. The van der Waals surface area contributed by atoms with Crippen LogP contribution in [0.5, 0.6) is 0 Å². The van der Waals surface area contributed by atoms with Crippen LogP contribution in [-0.2, 0) is 4.74 Å². The Morgan fingerprint density at radius 3 is 2.70 bits per heavy atom. The van der Waals surface area contributed by atoms with Crippen LogP contribution in [0.25, 0.3) is 0 Å². The van der Waals surface area contributed by atoms with Gasteiger partial charge in [-0.15, -0.1) is 0 Å². The first kappa shape index (κ1) is 15.0. The van der Waals surface area contributed by atoms with E-state index in [0.29, 0.717) is 6.10 Å². The Labute approximate surface area is 121 Å². The molecular formula is C15H26N4O. The van der Waals surface area contributed by atoms with Crippen LogP contribution in [0.2, 0.25) is 0 Å². The molecule has 112 valence electrons. The zero-order valence-corrected chi connectivity index (χ0v) is 12.9. The second kappa shape index (κ2) is 7.43. The first-order chi connectivity index (χ1) is 9.72. The summed E-state index contributed by atoms with van der Waals surface area (Å²) in [5.74, 6) is 1.78. The summed E-state index contributed by atoms with van der Waals surface area (Å²) in [5, 5.41) is 3.27. The molecule has 0 amide bonds. The molecule has 0 atom stereocenters. The molecule has 1 fully saturated rings. The lowest BCUT2D eigenvalue weighted by Crippen LogP contribution is -2.37. The van der Waals surface area contributed by atoms with E-state index in [9.17, 15) is 0 Å². The van der Waals surface area contributed by atoms with Crippen LogP contribution >= 0.6 is 0 Å². The van der Waals surface area contributed by atoms with Gasteiger partial charge < -0.3 is 15.0 Å². The van der Waals surface area contributed by atoms with Crippen LogP contribution in [-0.4, -0.2) is 42.3 Å². The lowest BCUT2D eigenvalue weighted by Gasteiger charge is -2.32. The summed E-state index contributed by atoms with van der Waals surface area (Å²) < 4.78 is 5.70. The highest BCUT2D eigenvalue weighted by atomic mass is 16.5. The number of ether oxygens (including phenoxy) is 1. The molecule has 5 nitrogen and oxygen atoms in total. The maximum Gasteiger partial charge on any atom is 0.224 e. The van der Waals surface area contributed by atoms with Crippen molar-refractivity contribution in [2.24, 2.45) is 0 Å². The van der Waals surface area contributed by atoms with E-state index < -0.39 is 0 Å². The second-order valence-corrected chi connectivity index (χ2v) is 5.26. The van der Waals surface area contributed by atoms with Crippen molar-refractivity contribution in [3.05, 3.63) is 11.8 Å². The van der Waals surface area contributed by atoms with E-state index in [1.165, 1.54) is 0 Å². The number of hydrogen-bond donors (Lipinski definition) is 1. The molecule has 0 aliphatic carbocycles. The molecule has 2 rings (SSSR count). The van der Waals surface area contributed by atoms with E-state index in [-0.39, 0.29) is 0 Å². The van der Waals surface area contributed by atoms with Gasteiger partial charge in [0.1, 0.15) is 5.82 Å². The van der Waals surface area contributed by atoms with Crippen molar-refractivity contribution in [1.29, 1.82) is 0 Å². The quantitative estimate of drug-likeness (QED) is 0.867. The van der Waals surface area contributed by atoms with Crippen molar-refractivity contribution in [3.8, 4) is 0 Å². The van der Waals surface area contributed by atoms with Crippen molar-refractivity contribution in [2.75, 3.05) is 36.5 Å². The average molecular weight is 278 g/mol. The number of hydrogen-bond acceptors (Lipinski definition) is 5. The molecular weight excluding hydrogens is 252 g/mol. The van der Waals surface area contributed by atoms with E-state index >= 15 is 0 Å². The van der Waals surface area contributed by atoms with Gasteiger partial charge in [0.15, 0.2) is 0 Å². The molecule has 0 radical (unpaired) electrons. The number of anilines is 2. The second-order valence-electron chi connectivity index (χ2n) is 5.26. The van der Waals surface area contributed by atoms with Gasteiger partial charge >= 0.3 is 0 Å². The molecule has 1 aromatic rings. The Morgan fingerprint density at radius 1 is 1.30 bits per heavy atom. The first-order valence-corrected chi connectivity index (χ1v) is 7.69. The fraction of sp³-hybridized carbons (Fsp3) is 0.733. The Balaban J connectivity index is 2.00. The summed E-state index contributed by atoms with van der Waals surface area (Å²) in [6.07, 6.45) is 3.65. The maximum absolute atomic E-state index is 5.70. The number of rotatable bonds is 6. The minimum atomic E-state index is 0.414. The van der Waals surface area contributed by atoms with Gasteiger partial charge in [-0.05, 0) is 33.1 Å². The Hall–Kier alpha value is -1.36. The summed E-state index contributed by atoms with van der Waals surface area (Å²) in [4.78, 5) is 11.4. The molecule has 0 saturated carbocycles. The molecule has 0 spiro atoms. The predicted molar refractivity (Wildman–Crippen MR) is 82.4 cm³/mol. The molecule has 5 heteroatoms. The summed E-state index contributed by atoms with van der Waals surface area (Å²) >= 11 is 0. The first-order valence-electron chi connectivity index (χ1n) is 7.69. The third kappa shape index (κ3) is 4.07. The number of nitrogens with one attached hydrogen (secondary N) is 1. The van der Waals surface area contributed by atoms with Crippen molar-refractivity contribution in [1.82, 2.24) is 9.97 Å². The molecule has 0 aromatic carbocycles. The summed E-state index contributed by atoms with van der Waals surface area (Å²) in [6.45, 7) is 9.96. The van der Waals surface area contributed by atoms with Crippen LogP contribution in [0.3, 0.4) is 0 Å². The Bertz CT molecular complexity index is 416. The molecule has 20 heavy (non-hydrogen) atoms. The van der Waals surface area contributed by atoms with Crippen LogP contribution in [0.1, 0.15) is 38.8 Å². The normalized spacial score (nSPS) is 16.4. The molecule has 1 saturated heterocycles. The number of aromatic nitrogens is 2. The third-order valence-corrected chi connectivity index (χ3v) is 3.54. The fourth-order valence-electron chi connectivity index (χ4n) is 2.52. The smallest absolute Gasteiger partial charge is 0.224 e. The Kier molecular flexibility index (Phi) is 5.59. The van der Waals surface area contributed by atoms with Gasteiger partial charge in [-0.1, -0.05) is 6.92 Å².